The number of benzene rings is 2. The van der Waals surface area contributed by atoms with E-state index in [0.717, 1.165) is 5.39 Å². The van der Waals surface area contributed by atoms with Crippen LogP contribution in [0.1, 0.15) is 25.1 Å². The number of esters is 2. The minimum atomic E-state index is -0.446. The van der Waals surface area contributed by atoms with Gasteiger partial charge in [-0.3, -0.25) is 9.59 Å². The predicted octanol–water partition coefficient (Wildman–Crippen LogP) is 5.67. The number of rotatable bonds is 4. The van der Waals surface area contributed by atoms with Gasteiger partial charge in [0.1, 0.15) is 5.75 Å². The second kappa shape index (κ2) is 8.54. The lowest BCUT2D eigenvalue weighted by atomic mass is 10.1. The van der Waals surface area contributed by atoms with Crippen LogP contribution >= 0.6 is 27.5 Å². The maximum Gasteiger partial charge on any atom is 0.308 e. The molecule has 0 N–H and O–H groups in total. The molecule has 0 aliphatic carbocycles. The molecule has 0 fully saturated rings. The molecule has 0 radical (unpaired) electrons. The third-order valence-corrected chi connectivity index (χ3v) is 4.48. The highest BCUT2D eigenvalue weighted by molar-refractivity contribution is 9.10. The maximum absolute atomic E-state index is 11.4. The van der Waals surface area contributed by atoms with Crippen molar-refractivity contribution in [2.45, 2.75) is 13.8 Å². The molecule has 0 unspecified atom stereocenters. The van der Waals surface area contributed by atoms with Crippen molar-refractivity contribution in [3.05, 3.63) is 63.2 Å². The van der Waals surface area contributed by atoms with Gasteiger partial charge in [0.25, 0.3) is 0 Å². The summed E-state index contributed by atoms with van der Waals surface area (Å²) in [7, 11) is 0. The van der Waals surface area contributed by atoms with E-state index in [0.29, 0.717) is 37.8 Å². The van der Waals surface area contributed by atoms with E-state index in [1.807, 2.05) is 24.3 Å². The molecule has 1 heterocycles. The van der Waals surface area contributed by atoms with Crippen LogP contribution in [0, 0.1) is 0 Å². The van der Waals surface area contributed by atoms with Gasteiger partial charge >= 0.3 is 11.9 Å². The van der Waals surface area contributed by atoms with Crippen LogP contribution < -0.4 is 9.47 Å². The lowest BCUT2D eigenvalue weighted by molar-refractivity contribution is -0.132. The van der Waals surface area contributed by atoms with Gasteiger partial charge in [0.05, 0.1) is 15.7 Å². The summed E-state index contributed by atoms with van der Waals surface area (Å²) in [5.74, 6) is -0.0831. The SMILES string of the molecule is CC(=O)Oc1c(Br)cc(Cl)cc1/C=C/c1cc(OC(C)=O)c2ccccc2n1. The Balaban J connectivity index is 2.06. The van der Waals surface area contributed by atoms with Gasteiger partial charge in [0, 0.05) is 35.9 Å². The summed E-state index contributed by atoms with van der Waals surface area (Å²) in [4.78, 5) is 27.4. The number of carbonyl (C=O) groups is 2. The number of pyridine rings is 1. The minimum absolute atomic E-state index is 0.356. The van der Waals surface area contributed by atoms with Gasteiger partial charge in [-0.05, 0) is 52.3 Å². The Morgan fingerprint density at radius 1 is 1.04 bits per heavy atom. The van der Waals surface area contributed by atoms with Crippen molar-refractivity contribution in [1.82, 2.24) is 4.98 Å². The highest BCUT2D eigenvalue weighted by Gasteiger charge is 2.12. The molecule has 0 atom stereocenters. The maximum atomic E-state index is 11.4. The Kier molecular flexibility index (Phi) is 6.11. The van der Waals surface area contributed by atoms with Crippen molar-refractivity contribution in [1.29, 1.82) is 0 Å². The van der Waals surface area contributed by atoms with Crippen molar-refractivity contribution in [2.75, 3.05) is 0 Å². The predicted molar refractivity (Wildman–Crippen MR) is 112 cm³/mol. The summed E-state index contributed by atoms with van der Waals surface area (Å²) < 4.78 is 11.2. The Labute approximate surface area is 175 Å². The molecule has 28 heavy (non-hydrogen) atoms. The van der Waals surface area contributed by atoms with Gasteiger partial charge < -0.3 is 9.47 Å². The Morgan fingerprint density at radius 2 is 1.75 bits per heavy atom. The zero-order valence-electron chi connectivity index (χ0n) is 15.0. The smallest absolute Gasteiger partial charge is 0.308 e. The van der Waals surface area contributed by atoms with E-state index in [-0.39, 0.29) is 0 Å². The minimum Gasteiger partial charge on any atom is -0.426 e. The summed E-state index contributed by atoms with van der Waals surface area (Å²) in [6, 6.07) is 12.4. The summed E-state index contributed by atoms with van der Waals surface area (Å²) in [6.45, 7) is 2.67. The Morgan fingerprint density at radius 3 is 2.46 bits per heavy atom. The molecular weight excluding hydrogens is 446 g/mol. The van der Waals surface area contributed by atoms with Gasteiger partial charge in [-0.2, -0.15) is 0 Å². The highest BCUT2D eigenvalue weighted by Crippen LogP contribution is 2.34. The van der Waals surface area contributed by atoms with E-state index < -0.39 is 11.9 Å². The number of halogens is 2. The monoisotopic (exact) mass is 459 g/mol. The van der Waals surface area contributed by atoms with Crippen LogP contribution in [0.5, 0.6) is 11.5 Å². The molecule has 1 aromatic heterocycles. The number of fused-ring (bicyclic) bond motifs is 1. The van der Waals surface area contributed by atoms with E-state index in [9.17, 15) is 9.59 Å². The normalized spacial score (nSPS) is 11.0. The van der Waals surface area contributed by atoms with Crippen molar-refractivity contribution in [3.63, 3.8) is 0 Å². The van der Waals surface area contributed by atoms with E-state index in [2.05, 4.69) is 20.9 Å². The van der Waals surface area contributed by atoms with Crippen molar-refractivity contribution in [2.24, 2.45) is 0 Å². The molecule has 0 aliphatic heterocycles. The molecule has 142 valence electrons. The third kappa shape index (κ3) is 4.77. The fourth-order valence-electron chi connectivity index (χ4n) is 2.62. The number of para-hydroxylation sites is 1. The molecule has 5 nitrogen and oxygen atoms in total. The Hall–Kier alpha value is -2.70. The van der Waals surface area contributed by atoms with Crippen LogP contribution in [-0.4, -0.2) is 16.9 Å². The summed E-state index contributed by atoms with van der Waals surface area (Å²) in [5, 5.41) is 1.22. The lowest BCUT2D eigenvalue weighted by Crippen LogP contribution is -2.03. The number of hydrogen-bond acceptors (Lipinski definition) is 5. The molecule has 3 aromatic rings. The van der Waals surface area contributed by atoms with Gasteiger partial charge in [-0.1, -0.05) is 23.7 Å². The van der Waals surface area contributed by atoms with Gasteiger partial charge in [0.2, 0.25) is 0 Å². The molecule has 3 rings (SSSR count). The number of carbonyl (C=O) groups excluding carboxylic acids is 2. The van der Waals surface area contributed by atoms with Crippen LogP contribution in [0.2, 0.25) is 5.02 Å². The van der Waals surface area contributed by atoms with Crippen LogP contribution in [0.15, 0.2) is 46.9 Å². The van der Waals surface area contributed by atoms with Crippen molar-refractivity contribution < 1.29 is 19.1 Å². The van der Waals surface area contributed by atoms with E-state index in [1.165, 1.54) is 13.8 Å². The summed E-state index contributed by atoms with van der Waals surface area (Å²) in [5.41, 5.74) is 1.85. The van der Waals surface area contributed by atoms with E-state index >= 15 is 0 Å². The average molecular weight is 461 g/mol. The van der Waals surface area contributed by atoms with Crippen molar-refractivity contribution >= 4 is 62.5 Å². The first-order valence-electron chi connectivity index (χ1n) is 8.27. The largest absolute Gasteiger partial charge is 0.426 e. The third-order valence-electron chi connectivity index (χ3n) is 3.67. The van der Waals surface area contributed by atoms with Gasteiger partial charge in [-0.25, -0.2) is 4.98 Å². The zero-order chi connectivity index (χ0) is 20.3. The second-order valence-electron chi connectivity index (χ2n) is 5.89. The van der Waals surface area contributed by atoms with Crippen LogP contribution in [-0.2, 0) is 9.59 Å². The lowest BCUT2D eigenvalue weighted by Gasteiger charge is -2.09. The number of ether oxygens (including phenoxy) is 2. The quantitative estimate of drug-likeness (QED) is 0.371. The molecule has 0 bridgehead atoms. The standard InChI is InChI=1S/C21H15BrClNO4/c1-12(25)27-20-11-16(24-19-6-4-3-5-17(19)20)8-7-14-9-15(23)10-18(22)21(14)28-13(2)26/h3-11H,1-2H3/b8-7+. The summed E-state index contributed by atoms with van der Waals surface area (Å²) in [6.07, 6.45) is 3.45. The van der Waals surface area contributed by atoms with Crippen LogP contribution in [0.25, 0.3) is 23.1 Å². The zero-order valence-corrected chi connectivity index (χ0v) is 17.4. The Bertz CT molecular complexity index is 1110. The van der Waals surface area contributed by atoms with Crippen LogP contribution in [0.3, 0.4) is 0 Å². The number of hydrogen-bond donors (Lipinski definition) is 0. The van der Waals surface area contributed by atoms with Gasteiger partial charge in [0.15, 0.2) is 5.75 Å². The van der Waals surface area contributed by atoms with E-state index in [1.54, 1.807) is 30.4 Å². The van der Waals surface area contributed by atoms with Gasteiger partial charge in [-0.15, -0.1) is 0 Å². The first-order chi connectivity index (χ1) is 13.3. The first kappa shape index (κ1) is 20.0. The molecule has 0 saturated carbocycles. The van der Waals surface area contributed by atoms with Crippen LogP contribution in [0.4, 0.5) is 0 Å². The molecule has 7 heteroatoms. The molecular formula is C21H15BrClNO4. The molecule has 0 spiro atoms. The average Bonchev–Trinajstić information content (AvgIpc) is 2.61. The van der Waals surface area contributed by atoms with Crippen molar-refractivity contribution in [3.8, 4) is 11.5 Å². The fourth-order valence-corrected chi connectivity index (χ4v) is 3.53. The fraction of sp³-hybridized carbons (Fsp3) is 0.0952. The van der Waals surface area contributed by atoms with E-state index in [4.69, 9.17) is 21.1 Å². The molecule has 0 aliphatic rings. The number of aromatic nitrogens is 1. The number of nitrogens with zero attached hydrogens (tertiary/aromatic N) is 1. The molecule has 2 aromatic carbocycles. The topological polar surface area (TPSA) is 65.5 Å². The first-order valence-corrected chi connectivity index (χ1v) is 9.44. The highest BCUT2D eigenvalue weighted by atomic mass is 79.9. The second-order valence-corrected chi connectivity index (χ2v) is 7.18. The molecule has 0 saturated heterocycles. The molecule has 0 amide bonds. The summed E-state index contributed by atoms with van der Waals surface area (Å²) >= 11 is 9.48.